The highest BCUT2D eigenvalue weighted by Crippen LogP contribution is 1.83. The smallest absolute Gasteiger partial charge is 0.186 e. The maximum Gasteiger partial charge on any atom is 0.186 e. The van der Waals surface area contributed by atoms with E-state index in [9.17, 15) is 4.91 Å². The quantitative estimate of drug-likeness (QED) is 0.468. The Labute approximate surface area is 36.3 Å². The fourth-order valence-electron chi connectivity index (χ4n) is 0.0430. The Balaban J connectivity index is 2.96. The lowest BCUT2D eigenvalue weighted by Gasteiger charge is -1.92. The molecule has 0 N–H and O–H groups in total. The summed E-state index contributed by atoms with van der Waals surface area (Å²) in [6.45, 7) is 1.58. The van der Waals surface area contributed by atoms with Crippen LogP contribution < -0.4 is 0 Å². The van der Waals surface area contributed by atoms with Crippen LogP contribution in [0, 0.1) is 4.91 Å². The molecular formula is C3H7NO2. The fourth-order valence-corrected chi connectivity index (χ4v) is 0.0430. The summed E-state index contributed by atoms with van der Waals surface area (Å²) in [7, 11) is 1.44. The Kier molecular flexibility index (Phi) is 2.58. The van der Waals surface area contributed by atoms with Gasteiger partial charge in [0.1, 0.15) is 0 Å². The third-order valence-electron chi connectivity index (χ3n) is 0.490. The Hall–Kier alpha value is -0.440. The minimum atomic E-state index is -0.495. The largest absolute Gasteiger partial charge is 0.356 e. The average Bonchev–Trinajstić information content (AvgIpc) is 1.65. The van der Waals surface area contributed by atoms with E-state index >= 15 is 0 Å². The van der Waals surface area contributed by atoms with E-state index in [4.69, 9.17) is 0 Å². The van der Waals surface area contributed by atoms with Crippen molar-refractivity contribution >= 4 is 0 Å². The van der Waals surface area contributed by atoms with Crippen LogP contribution in [0.4, 0.5) is 0 Å². The molecule has 0 radical (unpaired) electrons. The van der Waals surface area contributed by atoms with Gasteiger partial charge in [0.2, 0.25) is 0 Å². The second-order valence-corrected chi connectivity index (χ2v) is 0.940. The summed E-state index contributed by atoms with van der Waals surface area (Å²) in [6, 6.07) is 0. The van der Waals surface area contributed by atoms with Gasteiger partial charge in [-0.25, -0.2) is 0 Å². The van der Waals surface area contributed by atoms with Crippen molar-refractivity contribution < 1.29 is 4.74 Å². The minimum absolute atomic E-state index is 0.495. The molecule has 36 valence electrons. The summed E-state index contributed by atoms with van der Waals surface area (Å²) in [5.74, 6) is 0. The molecule has 3 heteroatoms. The van der Waals surface area contributed by atoms with E-state index in [-0.39, 0.29) is 0 Å². The number of hydrogen-bond acceptors (Lipinski definition) is 3. The van der Waals surface area contributed by atoms with Crippen LogP contribution in [-0.4, -0.2) is 13.3 Å². The Morgan fingerprint density at radius 3 is 2.33 bits per heavy atom. The lowest BCUT2D eigenvalue weighted by Crippen LogP contribution is -1.96. The molecule has 0 aromatic rings. The van der Waals surface area contributed by atoms with E-state index in [0.29, 0.717) is 0 Å². The van der Waals surface area contributed by atoms with Crippen LogP contribution in [0.25, 0.3) is 0 Å². The number of rotatable bonds is 2. The number of nitroso groups, excluding NO2 is 1. The van der Waals surface area contributed by atoms with Gasteiger partial charge in [-0.1, -0.05) is 0 Å². The molecule has 0 aliphatic rings. The minimum Gasteiger partial charge on any atom is -0.356 e. The highest BCUT2D eigenvalue weighted by Gasteiger charge is 1.89. The third-order valence-corrected chi connectivity index (χ3v) is 0.490. The van der Waals surface area contributed by atoms with Crippen molar-refractivity contribution in [3.8, 4) is 0 Å². The lowest BCUT2D eigenvalue weighted by molar-refractivity contribution is 0.125. The summed E-state index contributed by atoms with van der Waals surface area (Å²) in [5.41, 5.74) is 0. The second kappa shape index (κ2) is 2.78. The predicted molar refractivity (Wildman–Crippen MR) is 22.3 cm³/mol. The first-order valence-corrected chi connectivity index (χ1v) is 1.66. The van der Waals surface area contributed by atoms with Gasteiger partial charge >= 0.3 is 0 Å². The molecule has 0 aromatic carbocycles. The average molecular weight is 89.1 g/mol. The van der Waals surface area contributed by atoms with Gasteiger partial charge in [-0.3, -0.25) is 0 Å². The standard InChI is InChI=1S/C3H7NO2/c1-3(4-5)6-2/h3H,1-2H3. The van der Waals surface area contributed by atoms with E-state index < -0.39 is 6.23 Å². The fraction of sp³-hybridized carbons (Fsp3) is 1.00. The number of hydrogen-bond donors (Lipinski definition) is 0. The monoisotopic (exact) mass is 89.0 g/mol. The molecule has 0 saturated heterocycles. The summed E-state index contributed by atoms with van der Waals surface area (Å²) in [4.78, 5) is 9.36. The molecular weight excluding hydrogens is 82.0 g/mol. The summed E-state index contributed by atoms with van der Waals surface area (Å²) >= 11 is 0. The van der Waals surface area contributed by atoms with Crippen molar-refractivity contribution in [3.63, 3.8) is 0 Å². The summed E-state index contributed by atoms with van der Waals surface area (Å²) in [5, 5.41) is 2.53. The van der Waals surface area contributed by atoms with E-state index in [1.165, 1.54) is 7.11 Å². The highest BCUT2D eigenvalue weighted by atomic mass is 16.5. The second-order valence-electron chi connectivity index (χ2n) is 0.940. The predicted octanol–water partition coefficient (Wildman–Crippen LogP) is 0.745. The molecule has 0 rings (SSSR count). The third kappa shape index (κ3) is 1.84. The van der Waals surface area contributed by atoms with E-state index in [1.807, 2.05) is 0 Å². The number of ether oxygens (including phenoxy) is 1. The zero-order chi connectivity index (χ0) is 4.99. The van der Waals surface area contributed by atoms with E-state index in [0.717, 1.165) is 0 Å². The highest BCUT2D eigenvalue weighted by molar-refractivity contribution is 4.36. The number of nitrogens with zero attached hydrogens (tertiary/aromatic N) is 1. The SMILES string of the molecule is COC(C)N=O. The molecule has 1 atom stereocenters. The Morgan fingerprint density at radius 2 is 2.33 bits per heavy atom. The number of methoxy groups -OCH3 is 1. The van der Waals surface area contributed by atoms with Crippen LogP contribution in [0.5, 0.6) is 0 Å². The molecule has 0 heterocycles. The van der Waals surface area contributed by atoms with Crippen molar-refractivity contribution in [1.29, 1.82) is 0 Å². The molecule has 0 bridgehead atoms. The van der Waals surface area contributed by atoms with Crippen molar-refractivity contribution in [2.24, 2.45) is 5.18 Å². The van der Waals surface area contributed by atoms with Crippen molar-refractivity contribution in [3.05, 3.63) is 4.91 Å². The zero-order valence-electron chi connectivity index (χ0n) is 3.84. The Bertz CT molecular complexity index is 46.1. The van der Waals surface area contributed by atoms with Gasteiger partial charge < -0.3 is 4.74 Å². The molecule has 0 aromatic heterocycles. The van der Waals surface area contributed by atoms with Gasteiger partial charge in [-0.05, 0) is 12.1 Å². The first-order valence-electron chi connectivity index (χ1n) is 1.66. The van der Waals surface area contributed by atoms with E-state index in [2.05, 4.69) is 9.91 Å². The molecule has 0 aliphatic heterocycles. The summed E-state index contributed by atoms with van der Waals surface area (Å²) < 4.78 is 4.42. The molecule has 6 heavy (non-hydrogen) atoms. The maximum absolute atomic E-state index is 9.36. The van der Waals surface area contributed by atoms with Gasteiger partial charge in [0.15, 0.2) is 6.23 Å². The van der Waals surface area contributed by atoms with Crippen LogP contribution in [0.1, 0.15) is 6.92 Å². The van der Waals surface area contributed by atoms with Crippen LogP contribution in [0.3, 0.4) is 0 Å². The normalized spacial score (nSPS) is 13.7. The molecule has 0 spiro atoms. The van der Waals surface area contributed by atoms with Crippen LogP contribution >= 0.6 is 0 Å². The van der Waals surface area contributed by atoms with Crippen LogP contribution in [0.15, 0.2) is 5.18 Å². The van der Waals surface area contributed by atoms with Gasteiger partial charge in [0.25, 0.3) is 0 Å². The molecule has 0 fully saturated rings. The van der Waals surface area contributed by atoms with E-state index in [1.54, 1.807) is 6.92 Å². The van der Waals surface area contributed by atoms with Crippen molar-refractivity contribution in [2.75, 3.05) is 7.11 Å². The molecule has 0 saturated carbocycles. The first kappa shape index (κ1) is 5.56. The molecule has 0 amide bonds. The van der Waals surface area contributed by atoms with Crippen LogP contribution in [0.2, 0.25) is 0 Å². The van der Waals surface area contributed by atoms with Gasteiger partial charge in [-0.2, -0.15) is 0 Å². The first-order chi connectivity index (χ1) is 2.81. The maximum atomic E-state index is 9.36. The molecule has 3 nitrogen and oxygen atoms in total. The lowest BCUT2D eigenvalue weighted by atomic mass is 10.7. The van der Waals surface area contributed by atoms with Gasteiger partial charge in [-0.15, -0.1) is 4.91 Å². The molecule has 0 aliphatic carbocycles. The van der Waals surface area contributed by atoms with Crippen LogP contribution in [-0.2, 0) is 4.74 Å². The topological polar surface area (TPSA) is 38.7 Å². The molecule has 1 unspecified atom stereocenters. The summed E-state index contributed by atoms with van der Waals surface area (Å²) in [6.07, 6.45) is -0.495. The van der Waals surface area contributed by atoms with Gasteiger partial charge in [0, 0.05) is 7.11 Å². The van der Waals surface area contributed by atoms with Crippen molar-refractivity contribution in [1.82, 2.24) is 0 Å². The zero-order valence-corrected chi connectivity index (χ0v) is 3.84. The van der Waals surface area contributed by atoms with Gasteiger partial charge in [0.05, 0.1) is 0 Å². The van der Waals surface area contributed by atoms with Crippen molar-refractivity contribution in [2.45, 2.75) is 13.2 Å². The Morgan fingerprint density at radius 1 is 1.83 bits per heavy atom.